The molecule has 2 amide bonds. The fourth-order valence-electron chi connectivity index (χ4n) is 2.17. The molecule has 8 heteroatoms. The number of rotatable bonds is 7. The van der Waals surface area contributed by atoms with E-state index >= 15 is 0 Å². The summed E-state index contributed by atoms with van der Waals surface area (Å²) in [7, 11) is -4.04. The van der Waals surface area contributed by atoms with Gasteiger partial charge in [-0.15, -0.1) is 0 Å². The molecule has 1 aromatic carbocycles. The number of benzene rings is 1. The zero-order chi connectivity index (χ0) is 18.3. The molecule has 0 saturated carbocycles. The molecule has 0 saturated heterocycles. The van der Waals surface area contributed by atoms with Crippen LogP contribution in [0.5, 0.6) is 0 Å². The fraction of sp³-hybridized carbons (Fsp3) is 0.294. The number of nitrogens with zero attached hydrogens (tertiary/aromatic N) is 1. The summed E-state index contributed by atoms with van der Waals surface area (Å²) in [6.07, 6.45) is 4.37. The highest BCUT2D eigenvalue weighted by molar-refractivity contribution is 7.90. The predicted molar refractivity (Wildman–Crippen MR) is 97.3 cm³/mol. The number of unbranched alkanes of at least 4 members (excludes halogenated alkanes) is 1. The third-order valence-electron chi connectivity index (χ3n) is 3.41. The zero-order valence-corrected chi connectivity index (χ0v) is 15.1. The van der Waals surface area contributed by atoms with Crippen molar-refractivity contribution in [1.29, 1.82) is 0 Å². The SMILES string of the molecule is CCCCNC(=O)NS(=O)(=O)c1cnccc1Nc1cccc(C)c1. The molecule has 0 aliphatic carbocycles. The van der Waals surface area contributed by atoms with Gasteiger partial charge in [-0.2, -0.15) is 0 Å². The number of amides is 2. The molecule has 0 aliphatic heterocycles. The summed E-state index contributed by atoms with van der Waals surface area (Å²) in [5.74, 6) is 0. The summed E-state index contributed by atoms with van der Waals surface area (Å²) in [5, 5.41) is 5.57. The molecule has 3 N–H and O–H groups in total. The minimum Gasteiger partial charge on any atom is -0.354 e. The van der Waals surface area contributed by atoms with Gasteiger partial charge in [0.25, 0.3) is 10.0 Å². The molecule has 0 radical (unpaired) electrons. The number of carbonyl (C=O) groups is 1. The van der Waals surface area contributed by atoms with E-state index < -0.39 is 16.1 Å². The van der Waals surface area contributed by atoms with Crippen molar-refractivity contribution in [3.8, 4) is 0 Å². The lowest BCUT2D eigenvalue weighted by Crippen LogP contribution is -2.39. The van der Waals surface area contributed by atoms with E-state index in [-0.39, 0.29) is 4.90 Å². The van der Waals surface area contributed by atoms with E-state index in [9.17, 15) is 13.2 Å². The number of anilines is 2. The Labute approximate surface area is 147 Å². The molecule has 0 atom stereocenters. The smallest absolute Gasteiger partial charge is 0.328 e. The quantitative estimate of drug-likeness (QED) is 0.658. The van der Waals surface area contributed by atoms with E-state index in [0.29, 0.717) is 12.2 Å². The van der Waals surface area contributed by atoms with Crippen molar-refractivity contribution in [2.75, 3.05) is 11.9 Å². The molecule has 25 heavy (non-hydrogen) atoms. The summed E-state index contributed by atoms with van der Waals surface area (Å²) in [5.41, 5.74) is 2.13. The third-order valence-corrected chi connectivity index (χ3v) is 4.77. The first-order valence-electron chi connectivity index (χ1n) is 8.00. The zero-order valence-electron chi connectivity index (χ0n) is 14.2. The number of aromatic nitrogens is 1. The van der Waals surface area contributed by atoms with Crippen molar-refractivity contribution >= 4 is 27.4 Å². The average molecular weight is 362 g/mol. The van der Waals surface area contributed by atoms with Gasteiger partial charge in [-0.3, -0.25) is 4.98 Å². The van der Waals surface area contributed by atoms with Crippen LogP contribution in [-0.2, 0) is 10.0 Å². The van der Waals surface area contributed by atoms with Crippen LogP contribution in [0.25, 0.3) is 0 Å². The van der Waals surface area contributed by atoms with Gasteiger partial charge in [0.15, 0.2) is 0 Å². The number of pyridine rings is 1. The number of hydrogen-bond donors (Lipinski definition) is 3. The van der Waals surface area contributed by atoms with Crippen LogP contribution in [-0.4, -0.2) is 26.0 Å². The molecule has 134 valence electrons. The van der Waals surface area contributed by atoms with Gasteiger partial charge in [0.1, 0.15) is 4.90 Å². The number of urea groups is 1. The Morgan fingerprint density at radius 3 is 2.76 bits per heavy atom. The summed E-state index contributed by atoms with van der Waals surface area (Å²) >= 11 is 0. The summed E-state index contributed by atoms with van der Waals surface area (Å²) < 4.78 is 27.0. The normalized spacial score (nSPS) is 11.0. The second-order valence-corrected chi connectivity index (χ2v) is 7.23. The van der Waals surface area contributed by atoms with Crippen LogP contribution in [0.15, 0.2) is 47.6 Å². The van der Waals surface area contributed by atoms with Crippen molar-refractivity contribution in [3.63, 3.8) is 0 Å². The topological polar surface area (TPSA) is 100 Å². The Kier molecular flexibility index (Phi) is 6.35. The molecule has 0 aliphatic rings. The van der Waals surface area contributed by atoms with Gasteiger partial charge in [0, 0.05) is 24.6 Å². The van der Waals surface area contributed by atoms with Crippen molar-refractivity contribution in [1.82, 2.24) is 15.0 Å². The van der Waals surface area contributed by atoms with Crippen molar-refractivity contribution in [2.45, 2.75) is 31.6 Å². The first-order valence-corrected chi connectivity index (χ1v) is 9.49. The lowest BCUT2D eigenvalue weighted by Gasteiger charge is -2.13. The predicted octanol–water partition coefficient (Wildman–Crippen LogP) is 2.92. The number of nitrogens with one attached hydrogen (secondary N) is 3. The molecular formula is C17H22N4O3S. The number of carbonyl (C=O) groups excluding carboxylic acids is 1. The van der Waals surface area contributed by atoms with Crippen molar-refractivity contribution in [2.24, 2.45) is 0 Å². The molecular weight excluding hydrogens is 340 g/mol. The molecule has 1 aromatic heterocycles. The summed E-state index contributed by atoms with van der Waals surface area (Å²) in [6, 6.07) is 8.32. The van der Waals surface area contributed by atoms with E-state index in [1.54, 1.807) is 6.07 Å². The largest absolute Gasteiger partial charge is 0.354 e. The Bertz CT molecular complexity index is 837. The first-order chi connectivity index (χ1) is 11.9. The lowest BCUT2D eigenvalue weighted by molar-refractivity contribution is 0.245. The van der Waals surface area contributed by atoms with Gasteiger partial charge < -0.3 is 10.6 Å². The minimum atomic E-state index is -4.04. The van der Waals surface area contributed by atoms with Gasteiger partial charge in [-0.25, -0.2) is 17.9 Å². The van der Waals surface area contributed by atoms with E-state index in [0.717, 1.165) is 24.1 Å². The van der Waals surface area contributed by atoms with Crippen LogP contribution in [0.1, 0.15) is 25.3 Å². The fourth-order valence-corrected chi connectivity index (χ4v) is 3.20. The minimum absolute atomic E-state index is 0.0952. The van der Waals surface area contributed by atoms with Crippen LogP contribution >= 0.6 is 0 Å². The Balaban J connectivity index is 2.19. The van der Waals surface area contributed by atoms with Crippen LogP contribution < -0.4 is 15.4 Å². The van der Waals surface area contributed by atoms with E-state index in [2.05, 4.69) is 15.6 Å². The molecule has 7 nitrogen and oxygen atoms in total. The Hall–Kier alpha value is -2.61. The van der Waals surface area contributed by atoms with Crippen molar-refractivity contribution in [3.05, 3.63) is 48.3 Å². The van der Waals surface area contributed by atoms with Gasteiger partial charge >= 0.3 is 6.03 Å². The van der Waals surface area contributed by atoms with Crippen LogP contribution in [0, 0.1) is 6.92 Å². The maximum absolute atomic E-state index is 12.5. The summed E-state index contributed by atoms with van der Waals surface area (Å²) in [4.78, 5) is 15.5. The molecule has 0 bridgehead atoms. The van der Waals surface area contributed by atoms with Gasteiger partial charge in [-0.05, 0) is 37.1 Å². The standard InChI is InChI=1S/C17H22N4O3S/c1-3-4-9-19-17(22)21-25(23,24)16-12-18-10-8-15(16)20-14-7-5-6-13(2)11-14/h5-8,10-12H,3-4,9H2,1-2H3,(H,18,20)(H2,19,21,22). The molecule has 2 rings (SSSR count). The van der Waals surface area contributed by atoms with Gasteiger partial charge in [0.2, 0.25) is 0 Å². The van der Waals surface area contributed by atoms with Crippen LogP contribution in [0.4, 0.5) is 16.2 Å². The number of aryl methyl sites for hydroxylation is 1. The highest BCUT2D eigenvalue weighted by atomic mass is 32.2. The first kappa shape index (κ1) is 18.7. The number of sulfonamides is 1. The third kappa shape index (κ3) is 5.46. The highest BCUT2D eigenvalue weighted by Gasteiger charge is 2.21. The highest BCUT2D eigenvalue weighted by Crippen LogP contribution is 2.24. The summed E-state index contributed by atoms with van der Waals surface area (Å²) in [6.45, 7) is 4.34. The van der Waals surface area contributed by atoms with E-state index in [1.807, 2.05) is 42.8 Å². The lowest BCUT2D eigenvalue weighted by atomic mass is 10.2. The Morgan fingerprint density at radius 1 is 1.24 bits per heavy atom. The maximum Gasteiger partial charge on any atom is 0.328 e. The maximum atomic E-state index is 12.5. The van der Waals surface area contributed by atoms with Crippen LogP contribution in [0.3, 0.4) is 0 Å². The molecule has 0 unspecified atom stereocenters. The molecule has 0 spiro atoms. The monoisotopic (exact) mass is 362 g/mol. The van der Waals surface area contributed by atoms with Crippen LogP contribution in [0.2, 0.25) is 0 Å². The van der Waals surface area contributed by atoms with Crippen molar-refractivity contribution < 1.29 is 13.2 Å². The second kappa shape index (κ2) is 8.48. The average Bonchev–Trinajstić information content (AvgIpc) is 2.55. The molecule has 0 fully saturated rings. The molecule has 1 heterocycles. The van der Waals surface area contributed by atoms with Gasteiger partial charge in [-0.1, -0.05) is 25.5 Å². The van der Waals surface area contributed by atoms with E-state index in [1.165, 1.54) is 12.4 Å². The Morgan fingerprint density at radius 2 is 2.04 bits per heavy atom. The molecule has 2 aromatic rings. The van der Waals surface area contributed by atoms with Gasteiger partial charge in [0.05, 0.1) is 5.69 Å². The van der Waals surface area contributed by atoms with E-state index in [4.69, 9.17) is 0 Å². The number of hydrogen-bond acceptors (Lipinski definition) is 5. The second-order valence-electron chi connectivity index (χ2n) is 5.58.